The molecule has 0 saturated heterocycles. The highest BCUT2D eigenvalue weighted by Gasteiger charge is 2.59. The minimum atomic E-state index is -0.138. The first-order chi connectivity index (χ1) is 10.3. The van der Waals surface area contributed by atoms with Crippen LogP contribution in [0.15, 0.2) is 11.6 Å². The number of allylic oxidation sites excluding steroid dienone is 1. The van der Waals surface area contributed by atoms with Crippen LogP contribution in [0.5, 0.6) is 0 Å². The summed E-state index contributed by atoms with van der Waals surface area (Å²) in [4.78, 5) is 36.5. The van der Waals surface area contributed by atoms with Gasteiger partial charge in [-0.2, -0.15) is 0 Å². The van der Waals surface area contributed by atoms with E-state index in [1.54, 1.807) is 6.08 Å². The summed E-state index contributed by atoms with van der Waals surface area (Å²) in [6.45, 7) is 4.45. The molecule has 0 radical (unpaired) electrons. The van der Waals surface area contributed by atoms with E-state index in [0.717, 1.165) is 24.8 Å². The summed E-state index contributed by atoms with van der Waals surface area (Å²) in [5.41, 5.74) is 0.763. The Kier molecular flexibility index (Phi) is 2.87. The van der Waals surface area contributed by atoms with Crippen LogP contribution in [0.3, 0.4) is 0 Å². The van der Waals surface area contributed by atoms with Crippen LogP contribution in [-0.4, -0.2) is 17.3 Å². The van der Waals surface area contributed by atoms with Crippen molar-refractivity contribution in [3.63, 3.8) is 0 Å². The van der Waals surface area contributed by atoms with E-state index in [1.807, 2.05) is 0 Å². The molecule has 5 atom stereocenters. The van der Waals surface area contributed by atoms with Crippen LogP contribution in [0.1, 0.15) is 58.8 Å². The molecule has 22 heavy (non-hydrogen) atoms. The zero-order valence-electron chi connectivity index (χ0n) is 13.5. The van der Waals surface area contributed by atoms with Crippen LogP contribution in [0.2, 0.25) is 0 Å². The van der Waals surface area contributed by atoms with E-state index in [1.165, 1.54) is 0 Å². The van der Waals surface area contributed by atoms with Gasteiger partial charge in [-0.15, -0.1) is 0 Å². The van der Waals surface area contributed by atoms with Gasteiger partial charge in [-0.3, -0.25) is 14.4 Å². The molecule has 0 aromatic rings. The van der Waals surface area contributed by atoms with E-state index >= 15 is 0 Å². The number of hydrogen-bond acceptors (Lipinski definition) is 3. The van der Waals surface area contributed by atoms with Crippen molar-refractivity contribution in [2.75, 3.05) is 0 Å². The van der Waals surface area contributed by atoms with Gasteiger partial charge in [-0.1, -0.05) is 13.8 Å². The number of carbonyl (C=O) groups is 3. The highest BCUT2D eigenvalue weighted by atomic mass is 16.1. The maximum atomic E-state index is 12.7. The number of carbonyl (C=O) groups excluding carboxylic acids is 3. The van der Waals surface area contributed by atoms with Crippen LogP contribution in [0, 0.1) is 28.6 Å². The standard InChI is InChI=1S/C19H24O3/c1-18-5-4-14-13(15(18)8-12(21)10-18)9-17(22)16-7-11(20)3-6-19(14,16)2/h7,13-15H,3-6,8-10H2,1-2H3/t13-,14+,15+,18-,19-/m1/s1. The number of hydrogen-bond donors (Lipinski definition) is 0. The lowest BCUT2D eigenvalue weighted by Gasteiger charge is -2.56. The average Bonchev–Trinajstić information content (AvgIpc) is 2.76. The maximum absolute atomic E-state index is 12.7. The summed E-state index contributed by atoms with van der Waals surface area (Å²) in [7, 11) is 0. The Labute approximate surface area is 131 Å². The molecule has 3 nitrogen and oxygen atoms in total. The van der Waals surface area contributed by atoms with Gasteiger partial charge in [0.15, 0.2) is 11.6 Å². The summed E-state index contributed by atoms with van der Waals surface area (Å²) in [5.74, 6) is 1.84. The number of fused-ring (bicyclic) bond motifs is 5. The first-order valence-electron chi connectivity index (χ1n) is 8.63. The van der Waals surface area contributed by atoms with E-state index in [-0.39, 0.29) is 22.4 Å². The summed E-state index contributed by atoms with van der Waals surface area (Å²) in [6.07, 6.45) is 7.11. The third-order valence-electron chi connectivity index (χ3n) is 7.36. The molecule has 0 amide bonds. The number of ketones is 3. The van der Waals surface area contributed by atoms with E-state index in [2.05, 4.69) is 13.8 Å². The molecule has 0 aromatic heterocycles. The lowest BCUT2D eigenvalue weighted by molar-refractivity contribution is -0.130. The molecular weight excluding hydrogens is 276 g/mol. The zero-order chi connectivity index (χ0) is 15.7. The lowest BCUT2D eigenvalue weighted by atomic mass is 9.47. The Balaban J connectivity index is 1.76. The second-order valence-corrected chi connectivity index (χ2v) is 8.56. The SMILES string of the molecule is C[C@]12CC[C@H]3[C@@H](CC(=O)C4=CC(=O)CC[C@@]43C)[C@@H]1CC(=O)C2. The third-order valence-corrected chi connectivity index (χ3v) is 7.36. The molecule has 0 heterocycles. The van der Waals surface area contributed by atoms with Gasteiger partial charge < -0.3 is 0 Å². The highest BCUT2D eigenvalue weighted by Crippen LogP contribution is 2.63. The lowest BCUT2D eigenvalue weighted by Crippen LogP contribution is -2.51. The summed E-state index contributed by atoms with van der Waals surface area (Å²) in [5, 5.41) is 0. The Morgan fingerprint density at radius 3 is 2.59 bits per heavy atom. The Hall–Kier alpha value is -1.25. The molecule has 4 aliphatic rings. The van der Waals surface area contributed by atoms with E-state index in [9.17, 15) is 14.4 Å². The predicted molar refractivity (Wildman–Crippen MR) is 82.1 cm³/mol. The quantitative estimate of drug-likeness (QED) is 0.690. The largest absolute Gasteiger partial charge is 0.300 e. The second kappa shape index (κ2) is 4.39. The third kappa shape index (κ3) is 1.77. The predicted octanol–water partition coefficient (Wildman–Crippen LogP) is 3.27. The van der Waals surface area contributed by atoms with Gasteiger partial charge in [-0.25, -0.2) is 0 Å². The Morgan fingerprint density at radius 2 is 1.82 bits per heavy atom. The van der Waals surface area contributed by atoms with Crippen LogP contribution in [0.4, 0.5) is 0 Å². The van der Waals surface area contributed by atoms with E-state index in [0.29, 0.717) is 49.2 Å². The van der Waals surface area contributed by atoms with Gasteiger partial charge in [0.05, 0.1) is 0 Å². The summed E-state index contributed by atoms with van der Waals surface area (Å²) < 4.78 is 0. The first kappa shape index (κ1) is 14.3. The van der Waals surface area contributed by atoms with Gasteiger partial charge in [0.2, 0.25) is 0 Å². The van der Waals surface area contributed by atoms with Gasteiger partial charge in [-0.05, 0) is 53.9 Å². The molecule has 118 valence electrons. The van der Waals surface area contributed by atoms with Crippen LogP contribution in [0.25, 0.3) is 0 Å². The minimum Gasteiger partial charge on any atom is -0.300 e. The van der Waals surface area contributed by atoms with Crippen LogP contribution < -0.4 is 0 Å². The fourth-order valence-electron chi connectivity index (χ4n) is 6.17. The zero-order valence-corrected chi connectivity index (χ0v) is 13.5. The molecular formula is C19H24O3. The fraction of sp³-hybridized carbons (Fsp3) is 0.737. The molecule has 0 aromatic carbocycles. The minimum absolute atomic E-state index is 0.107. The van der Waals surface area contributed by atoms with Crippen molar-refractivity contribution in [1.82, 2.24) is 0 Å². The molecule has 3 heteroatoms. The topological polar surface area (TPSA) is 51.2 Å². The maximum Gasteiger partial charge on any atom is 0.159 e. The van der Waals surface area contributed by atoms with Gasteiger partial charge in [0.25, 0.3) is 0 Å². The van der Waals surface area contributed by atoms with Crippen molar-refractivity contribution in [3.8, 4) is 0 Å². The van der Waals surface area contributed by atoms with Crippen LogP contribution >= 0.6 is 0 Å². The number of rotatable bonds is 0. The second-order valence-electron chi connectivity index (χ2n) is 8.56. The smallest absolute Gasteiger partial charge is 0.159 e. The molecule has 4 aliphatic carbocycles. The van der Waals surface area contributed by atoms with Crippen molar-refractivity contribution < 1.29 is 14.4 Å². The van der Waals surface area contributed by atoms with Crippen molar-refractivity contribution in [2.24, 2.45) is 28.6 Å². The van der Waals surface area contributed by atoms with Crippen molar-refractivity contribution >= 4 is 17.3 Å². The molecule has 3 fully saturated rings. The molecule has 4 rings (SSSR count). The fourth-order valence-corrected chi connectivity index (χ4v) is 6.17. The van der Waals surface area contributed by atoms with Crippen molar-refractivity contribution in [3.05, 3.63) is 11.6 Å². The molecule has 3 saturated carbocycles. The monoisotopic (exact) mass is 300 g/mol. The molecule has 0 N–H and O–H groups in total. The Bertz CT molecular complexity index is 616. The summed E-state index contributed by atoms with van der Waals surface area (Å²) >= 11 is 0. The molecule has 0 unspecified atom stereocenters. The Morgan fingerprint density at radius 1 is 1.05 bits per heavy atom. The van der Waals surface area contributed by atoms with Gasteiger partial charge in [0, 0.05) is 31.3 Å². The van der Waals surface area contributed by atoms with Gasteiger partial charge in [0.1, 0.15) is 5.78 Å². The molecule has 0 spiro atoms. The highest BCUT2D eigenvalue weighted by molar-refractivity contribution is 6.05. The van der Waals surface area contributed by atoms with E-state index in [4.69, 9.17) is 0 Å². The molecule has 0 bridgehead atoms. The first-order valence-corrected chi connectivity index (χ1v) is 8.63. The van der Waals surface area contributed by atoms with E-state index < -0.39 is 0 Å². The van der Waals surface area contributed by atoms with Crippen LogP contribution in [-0.2, 0) is 14.4 Å². The number of Topliss-reactive ketones (excluding diaryl/α,β-unsaturated/α-hetero) is 2. The van der Waals surface area contributed by atoms with Gasteiger partial charge >= 0.3 is 0 Å². The molecule has 0 aliphatic heterocycles. The average molecular weight is 300 g/mol. The summed E-state index contributed by atoms with van der Waals surface area (Å²) in [6, 6.07) is 0. The van der Waals surface area contributed by atoms with Crippen molar-refractivity contribution in [1.29, 1.82) is 0 Å². The normalized spacial score (nSPS) is 47.6. The van der Waals surface area contributed by atoms with Crippen molar-refractivity contribution in [2.45, 2.75) is 58.8 Å².